The molecule has 4 heteroatoms. The maximum Gasteiger partial charge on any atom is 0.336 e. The third-order valence-corrected chi connectivity index (χ3v) is 1.96. The Morgan fingerprint density at radius 3 is 2.93 bits per heavy atom. The van der Waals surface area contributed by atoms with E-state index in [1.807, 2.05) is 0 Å². The summed E-state index contributed by atoms with van der Waals surface area (Å²) in [7, 11) is 1.55. The molecule has 2 aromatic rings. The van der Waals surface area contributed by atoms with Gasteiger partial charge in [-0.2, -0.15) is 0 Å². The van der Waals surface area contributed by atoms with E-state index in [9.17, 15) is 4.79 Å². The van der Waals surface area contributed by atoms with Gasteiger partial charge in [-0.3, -0.25) is 0 Å². The molecule has 15 heavy (non-hydrogen) atoms. The van der Waals surface area contributed by atoms with E-state index in [1.54, 1.807) is 31.4 Å². The summed E-state index contributed by atoms with van der Waals surface area (Å²) in [6.07, 6.45) is 0. The van der Waals surface area contributed by atoms with Gasteiger partial charge in [-0.25, -0.2) is 4.79 Å². The summed E-state index contributed by atoms with van der Waals surface area (Å²) in [6, 6.07) is 8.31. The van der Waals surface area contributed by atoms with Crippen molar-refractivity contribution < 1.29 is 13.9 Å². The molecule has 0 saturated carbocycles. The maximum absolute atomic E-state index is 11.0. The van der Waals surface area contributed by atoms with E-state index in [-0.39, 0.29) is 12.4 Å². The van der Waals surface area contributed by atoms with Crippen LogP contribution in [0.1, 0.15) is 0 Å². The minimum atomic E-state index is -0.369. The van der Waals surface area contributed by atoms with Crippen LogP contribution in [0.4, 0.5) is 0 Å². The van der Waals surface area contributed by atoms with Gasteiger partial charge in [0, 0.05) is 13.2 Å². The fourth-order valence-electron chi connectivity index (χ4n) is 1.32. The predicted octanol–water partition coefficient (Wildman–Crippen LogP) is 1.78. The largest absolute Gasteiger partial charge is 0.467 e. The van der Waals surface area contributed by atoms with Crippen molar-refractivity contribution in [3.8, 4) is 5.75 Å². The van der Waals surface area contributed by atoms with E-state index < -0.39 is 0 Å². The number of benzene rings is 1. The Labute approximate surface area is 86.0 Å². The van der Waals surface area contributed by atoms with Crippen LogP contribution < -0.4 is 10.4 Å². The second-order valence-corrected chi connectivity index (χ2v) is 2.97. The lowest BCUT2D eigenvalue weighted by Gasteiger charge is -2.06. The summed E-state index contributed by atoms with van der Waals surface area (Å²) in [6.45, 7) is 0.165. The normalized spacial score (nSPS) is 10.5. The number of methoxy groups -OCH3 is 1. The number of fused-ring (bicyclic) bond motifs is 1. The van der Waals surface area contributed by atoms with Crippen LogP contribution in [0.5, 0.6) is 5.75 Å². The second-order valence-electron chi connectivity index (χ2n) is 2.97. The molecule has 78 valence electrons. The molecule has 1 aromatic heterocycles. The average Bonchev–Trinajstić information content (AvgIpc) is 2.25. The van der Waals surface area contributed by atoms with Gasteiger partial charge in [-0.05, 0) is 18.2 Å². The molecule has 4 nitrogen and oxygen atoms in total. The Morgan fingerprint density at radius 2 is 2.13 bits per heavy atom. The van der Waals surface area contributed by atoms with E-state index in [2.05, 4.69) is 0 Å². The summed E-state index contributed by atoms with van der Waals surface area (Å²) < 4.78 is 15.1. The Kier molecular flexibility index (Phi) is 2.69. The van der Waals surface area contributed by atoms with Gasteiger partial charge in [-0.1, -0.05) is 6.07 Å². The highest BCUT2D eigenvalue weighted by atomic mass is 16.7. The molecule has 1 aromatic carbocycles. The first-order valence-corrected chi connectivity index (χ1v) is 4.46. The van der Waals surface area contributed by atoms with Crippen LogP contribution in [0.3, 0.4) is 0 Å². The zero-order valence-corrected chi connectivity index (χ0v) is 8.23. The van der Waals surface area contributed by atoms with Crippen molar-refractivity contribution in [2.75, 3.05) is 13.9 Å². The number of hydrogen-bond donors (Lipinski definition) is 0. The van der Waals surface area contributed by atoms with Gasteiger partial charge in [0.15, 0.2) is 6.79 Å². The molecule has 0 spiro atoms. The number of hydrogen-bond acceptors (Lipinski definition) is 4. The summed E-state index contributed by atoms with van der Waals surface area (Å²) >= 11 is 0. The summed E-state index contributed by atoms with van der Waals surface area (Å²) in [5.41, 5.74) is 0.141. The molecule has 0 unspecified atom stereocenters. The SMILES string of the molecule is COCOc1cccc2oc(=O)ccc12. The third kappa shape index (κ3) is 1.99. The molecule has 0 aliphatic heterocycles. The molecular weight excluding hydrogens is 196 g/mol. The molecule has 0 atom stereocenters. The van der Waals surface area contributed by atoms with Gasteiger partial charge in [0.05, 0.1) is 5.39 Å². The van der Waals surface area contributed by atoms with Crippen LogP contribution in [0, 0.1) is 0 Å². The van der Waals surface area contributed by atoms with Crippen molar-refractivity contribution >= 4 is 11.0 Å². The first-order valence-electron chi connectivity index (χ1n) is 4.46. The molecule has 1 heterocycles. The summed E-state index contributed by atoms with van der Waals surface area (Å²) in [4.78, 5) is 11.0. The van der Waals surface area contributed by atoms with Crippen molar-refractivity contribution in [3.05, 3.63) is 40.8 Å². The lowest BCUT2D eigenvalue weighted by atomic mass is 10.2. The van der Waals surface area contributed by atoms with Crippen LogP contribution in [0.25, 0.3) is 11.0 Å². The Hall–Kier alpha value is -1.81. The van der Waals surface area contributed by atoms with Gasteiger partial charge < -0.3 is 13.9 Å². The minimum absolute atomic E-state index is 0.165. The van der Waals surface area contributed by atoms with Crippen LogP contribution in [0.15, 0.2) is 39.5 Å². The molecular formula is C11H10O4. The van der Waals surface area contributed by atoms with Crippen molar-refractivity contribution in [1.29, 1.82) is 0 Å². The molecule has 0 saturated heterocycles. The molecule has 0 bridgehead atoms. The minimum Gasteiger partial charge on any atom is -0.467 e. The Balaban J connectivity index is 2.51. The van der Waals surface area contributed by atoms with Crippen LogP contribution >= 0.6 is 0 Å². The number of ether oxygens (including phenoxy) is 2. The highest BCUT2D eigenvalue weighted by molar-refractivity contribution is 5.83. The fraction of sp³-hybridized carbons (Fsp3) is 0.182. The van der Waals surface area contributed by atoms with Gasteiger partial charge in [-0.15, -0.1) is 0 Å². The van der Waals surface area contributed by atoms with Gasteiger partial charge >= 0.3 is 5.63 Å². The van der Waals surface area contributed by atoms with Gasteiger partial charge in [0.1, 0.15) is 11.3 Å². The Bertz CT molecular complexity index is 515. The fourth-order valence-corrected chi connectivity index (χ4v) is 1.32. The molecule has 0 aliphatic carbocycles. The van der Waals surface area contributed by atoms with E-state index in [0.29, 0.717) is 11.3 Å². The molecule has 0 fully saturated rings. The summed E-state index contributed by atoms with van der Waals surface area (Å²) in [5, 5.41) is 0.758. The third-order valence-electron chi connectivity index (χ3n) is 1.96. The first-order chi connectivity index (χ1) is 7.31. The maximum atomic E-state index is 11.0. The molecule has 0 radical (unpaired) electrons. The van der Waals surface area contributed by atoms with Gasteiger partial charge in [0.2, 0.25) is 0 Å². The average molecular weight is 206 g/mol. The summed E-state index contributed by atoms with van der Waals surface area (Å²) in [5.74, 6) is 0.637. The highest BCUT2D eigenvalue weighted by Crippen LogP contribution is 2.23. The predicted molar refractivity (Wildman–Crippen MR) is 55.0 cm³/mol. The number of rotatable bonds is 3. The zero-order chi connectivity index (χ0) is 10.7. The highest BCUT2D eigenvalue weighted by Gasteiger charge is 2.03. The standard InChI is InChI=1S/C11H10O4/c1-13-7-14-9-3-2-4-10-8(9)5-6-11(12)15-10/h2-6H,7H2,1H3. The quantitative estimate of drug-likeness (QED) is 0.567. The second kappa shape index (κ2) is 4.14. The van der Waals surface area contributed by atoms with Gasteiger partial charge in [0.25, 0.3) is 0 Å². The first kappa shape index (κ1) is 9.73. The van der Waals surface area contributed by atoms with E-state index in [4.69, 9.17) is 13.9 Å². The van der Waals surface area contributed by atoms with Crippen LogP contribution in [0.2, 0.25) is 0 Å². The monoisotopic (exact) mass is 206 g/mol. The van der Waals surface area contributed by atoms with Crippen LogP contribution in [-0.2, 0) is 4.74 Å². The smallest absolute Gasteiger partial charge is 0.336 e. The van der Waals surface area contributed by atoms with Crippen molar-refractivity contribution in [2.45, 2.75) is 0 Å². The topological polar surface area (TPSA) is 48.7 Å². The molecule has 2 rings (SSSR count). The molecule has 0 N–H and O–H groups in total. The molecule has 0 aliphatic rings. The van der Waals surface area contributed by atoms with Crippen molar-refractivity contribution in [1.82, 2.24) is 0 Å². The van der Waals surface area contributed by atoms with Crippen molar-refractivity contribution in [2.24, 2.45) is 0 Å². The Morgan fingerprint density at radius 1 is 1.27 bits per heavy atom. The van der Waals surface area contributed by atoms with Crippen molar-refractivity contribution in [3.63, 3.8) is 0 Å². The van der Waals surface area contributed by atoms with E-state index >= 15 is 0 Å². The lowest BCUT2D eigenvalue weighted by molar-refractivity contribution is 0.0522. The lowest BCUT2D eigenvalue weighted by Crippen LogP contribution is -2.00. The van der Waals surface area contributed by atoms with E-state index in [0.717, 1.165) is 5.39 Å². The van der Waals surface area contributed by atoms with E-state index in [1.165, 1.54) is 6.07 Å². The molecule has 0 amide bonds. The van der Waals surface area contributed by atoms with Crippen LogP contribution in [-0.4, -0.2) is 13.9 Å². The zero-order valence-electron chi connectivity index (χ0n) is 8.23.